The number of nitrogens with one attached hydrogen (secondary N) is 1. The molecule has 0 spiro atoms. The molecular formula is C16H13Br3N2O4. The Hall–Kier alpha value is -1.58. The fourth-order valence-electron chi connectivity index (χ4n) is 1.77. The number of aromatic hydroxyl groups is 1. The van der Waals surface area contributed by atoms with E-state index in [4.69, 9.17) is 9.47 Å². The van der Waals surface area contributed by atoms with Crippen LogP contribution in [0.2, 0.25) is 0 Å². The second kappa shape index (κ2) is 9.21. The fraction of sp³-hybridized carbons (Fsp3) is 0.125. The summed E-state index contributed by atoms with van der Waals surface area (Å²) in [5.74, 6) is 0.438. The van der Waals surface area contributed by atoms with Gasteiger partial charge in [0, 0.05) is 4.47 Å². The number of benzene rings is 2. The van der Waals surface area contributed by atoms with Gasteiger partial charge in [0.25, 0.3) is 5.91 Å². The summed E-state index contributed by atoms with van der Waals surface area (Å²) in [6, 6.07) is 8.60. The fourth-order valence-corrected chi connectivity index (χ4v) is 3.39. The molecule has 1 amide bonds. The third kappa shape index (κ3) is 5.72. The number of phenols is 1. The van der Waals surface area contributed by atoms with Gasteiger partial charge in [-0.3, -0.25) is 4.79 Å². The van der Waals surface area contributed by atoms with E-state index in [1.807, 2.05) is 12.1 Å². The van der Waals surface area contributed by atoms with E-state index in [0.29, 0.717) is 21.5 Å². The number of rotatable bonds is 6. The molecule has 2 rings (SSSR count). The average molecular weight is 537 g/mol. The quantitative estimate of drug-likeness (QED) is 0.428. The number of phenolic OH excluding ortho intramolecular Hbond substituents is 1. The zero-order valence-corrected chi connectivity index (χ0v) is 17.7. The molecule has 0 heterocycles. The van der Waals surface area contributed by atoms with Crippen LogP contribution in [-0.4, -0.2) is 30.9 Å². The second-order valence-corrected chi connectivity index (χ2v) is 7.33. The first-order valence-electron chi connectivity index (χ1n) is 6.87. The lowest BCUT2D eigenvalue weighted by molar-refractivity contribution is -0.123. The molecule has 0 unspecified atom stereocenters. The molecule has 6 nitrogen and oxygen atoms in total. The molecule has 0 aliphatic rings. The van der Waals surface area contributed by atoms with Crippen molar-refractivity contribution in [3.05, 3.63) is 49.3 Å². The molecule has 0 fully saturated rings. The molecule has 25 heavy (non-hydrogen) atoms. The Balaban J connectivity index is 1.91. The van der Waals surface area contributed by atoms with Gasteiger partial charge in [-0.15, -0.1) is 0 Å². The van der Waals surface area contributed by atoms with Crippen molar-refractivity contribution in [1.29, 1.82) is 0 Å². The summed E-state index contributed by atoms with van der Waals surface area (Å²) in [6.45, 7) is -0.180. The molecule has 0 atom stereocenters. The Kier molecular flexibility index (Phi) is 7.27. The third-order valence-electron chi connectivity index (χ3n) is 2.93. The number of nitrogens with zero attached hydrogens (tertiary/aromatic N) is 1. The maximum absolute atomic E-state index is 11.8. The van der Waals surface area contributed by atoms with Crippen molar-refractivity contribution in [3.8, 4) is 17.2 Å². The number of amides is 1. The second-order valence-electron chi connectivity index (χ2n) is 4.71. The van der Waals surface area contributed by atoms with Gasteiger partial charge in [-0.1, -0.05) is 15.9 Å². The minimum atomic E-state index is -0.407. The van der Waals surface area contributed by atoms with Gasteiger partial charge in [0.2, 0.25) is 0 Å². The van der Waals surface area contributed by atoms with Gasteiger partial charge in [0.05, 0.1) is 22.3 Å². The number of ether oxygens (including phenoxy) is 2. The third-order valence-corrected chi connectivity index (χ3v) is 4.64. The van der Waals surface area contributed by atoms with Crippen molar-refractivity contribution in [2.24, 2.45) is 5.10 Å². The number of carbonyl (C=O) groups is 1. The van der Waals surface area contributed by atoms with E-state index in [1.54, 1.807) is 18.2 Å². The van der Waals surface area contributed by atoms with Crippen LogP contribution in [0.5, 0.6) is 17.2 Å². The summed E-state index contributed by atoms with van der Waals surface area (Å²) in [7, 11) is 1.45. The van der Waals surface area contributed by atoms with Crippen molar-refractivity contribution in [2.75, 3.05) is 13.7 Å². The van der Waals surface area contributed by atoms with Crippen molar-refractivity contribution < 1.29 is 19.4 Å². The normalized spacial score (nSPS) is 10.7. The van der Waals surface area contributed by atoms with Gasteiger partial charge in [-0.2, -0.15) is 5.10 Å². The van der Waals surface area contributed by atoms with Crippen LogP contribution in [0.1, 0.15) is 5.56 Å². The lowest BCUT2D eigenvalue weighted by atomic mass is 10.2. The van der Waals surface area contributed by atoms with Gasteiger partial charge in [0.1, 0.15) is 5.75 Å². The van der Waals surface area contributed by atoms with Crippen LogP contribution in [0.15, 0.2) is 48.9 Å². The Morgan fingerprint density at radius 2 is 1.96 bits per heavy atom. The Bertz CT molecular complexity index is 812. The molecule has 0 saturated carbocycles. The van der Waals surface area contributed by atoms with E-state index in [-0.39, 0.29) is 12.4 Å². The van der Waals surface area contributed by atoms with Crippen LogP contribution < -0.4 is 14.9 Å². The Labute approximate surface area is 169 Å². The van der Waals surface area contributed by atoms with Crippen LogP contribution in [0.25, 0.3) is 0 Å². The highest BCUT2D eigenvalue weighted by molar-refractivity contribution is 9.11. The predicted molar refractivity (Wildman–Crippen MR) is 105 cm³/mol. The molecule has 0 aliphatic heterocycles. The van der Waals surface area contributed by atoms with Gasteiger partial charge in [-0.05, 0) is 67.8 Å². The first-order chi connectivity index (χ1) is 11.9. The van der Waals surface area contributed by atoms with E-state index in [1.165, 1.54) is 13.3 Å². The molecule has 0 bridgehead atoms. The average Bonchev–Trinajstić information content (AvgIpc) is 2.57. The highest BCUT2D eigenvalue weighted by atomic mass is 79.9. The summed E-state index contributed by atoms with van der Waals surface area (Å²) in [6.07, 6.45) is 1.43. The van der Waals surface area contributed by atoms with Crippen LogP contribution >= 0.6 is 47.8 Å². The number of hydrogen-bond donors (Lipinski definition) is 2. The molecular weight excluding hydrogens is 524 g/mol. The van der Waals surface area contributed by atoms with Gasteiger partial charge in [-0.25, -0.2) is 5.43 Å². The Morgan fingerprint density at radius 3 is 2.64 bits per heavy atom. The minimum absolute atomic E-state index is 0.00263. The largest absolute Gasteiger partial charge is 0.503 e. The first-order valence-corrected chi connectivity index (χ1v) is 9.25. The number of carbonyl (C=O) groups excluding carboxylic acids is 1. The number of methoxy groups -OCH3 is 1. The molecule has 0 radical (unpaired) electrons. The molecule has 0 aliphatic carbocycles. The summed E-state index contributed by atoms with van der Waals surface area (Å²) in [4.78, 5) is 11.8. The lowest BCUT2D eigenvalue weighted by Gasteiger charge is -2.07. The number of hydrazone groups is 1. The van der Waals surface area contributed by atoms with Crippen LogP contribution in [-0.2, 0) is 4.79 Å². The molecule has 2 aromatic carbocycles. The highest BCUT2D eigenvalue weighted by Gasteiger charge is 2.08. The van der Waals surface area contributed by atoms with Gasteiger partial charge >= 0.3 is 0 Å². The van der Waals surface area contributed by atoms with Crippen LogP contribution in [0, 0.1) is 0 Å². The Morgan fingerprint density at radius 1 is 1.20 bits per heavy atom. The number of halogens is 3. The first kappa shape index (κ1) is 19.7. The standard InChI is InChI=1S/C16H13Br3N2O4/c1-24-14-5-9(4-12(19)16(14)23)7-20-21-15(22)8-25-13-3-2-10(17)6-11(13)18/h2-7,23H,8H2,1H3,(H,21,22)/b20-7+. The predicted octanol–water partition coefficient (Wildman–Crippen LogP) is 4.22. The smallest absolute Gasteiger partial charge is 0.277 e. The van der Waals surface area contributed by atoms with Crippen molar-refractivity contribution in [3.63, 3.8) is 0 Å². The maximum atomic E-state index is 11.8. The van der Waals surface area contributed by atoms with Crippen LogP contribution in [0.3, 0.4) is 0 Å². The zero-order chi connectivity index (χ0) is 18.4. The van der Waals surface area contributed by atoms with Crippen LogP contribution in [0.4, 0.5) is 0 Å². The molecule has 2 N–H and O–H groups in total. The molecule has 132 valence electrons. The SMILES string of the molecule is COc1cc(/C=N/NC(=O)COc2ccc(Br)cc2Br)cc(Br)c1O. The van der Waals surface area contributed by atoms with Crippen molar-refractivity contribution in [2.45, 2.75) is 0 Å². The molecule has 0 saturated heterocycles. The van der Waals surface area contributed by atoms with Crippen molar-refractivity contribution in [1.82, 2.24) is 5.43 Å². The van der Waals surface area contributed by atoms with Crippen molar-refractivity contribution >= 4 is 59.9 Å². The van der Waals surface area contributed by atoms with E-state index in [2.05, 4.69) is 58.3 Å². The summed E-state index contributed by atoms with van der Waals surface area (Å²) < 4.78 is 12.6. The highest BCUT2D eigenvalue weighted by Crippen LogP contribution is 2.34. The topological polar surface area (TPSA) is 80.2 Å². The minimum Gasteiger partial charge on any atom is -0.503 e. The molecule has 0 aromatic heterocycles. The molecule has 2 aromatic rings. The monoisotopic (exact) mass is 534 g/mol. The zero-order valence-electron chi connectivity index (χ0n) is 12.9. The number of hydrogen-bond acceptors (Lipinski definition) is 5. The summed E-state index contributed by atoms with van der Waals surface area (Å²) >= 11 is 9.91. The van der Waals surface area contributed by atoms with Gasteiger partial charge in [0.15, 0.2) is 18.1 Å². The summed E-state index contributed by atoms with van der Waals surface area (Å²) in [5, 5.41) is 13.6. The van der Waals surface area contributed by atoms with Gasteiger partial charge < -0.3 is 14.6 Å². The van der Waals surface area contributed by atoms with E-state index < -0.39 is 5.91 Å². The molecule has 9 heteroatoms. The lowest BCUT2D eigenvalue weighted by Crippen LogP contribution is -2.24. The van der Waals surface area contributed by atoms with E-state index in [9.17, 15) is 9.90 Å². The van der Waals surface area contributed by atoms with E-state index in [0.717, 1.165) is 8.95 Å². The maximum Gasteiger partial charge on any atom is 0.277 e. The summed E-state index contributed by atoms with van der Waals surface area (Å²) in [5.41, 5.74) is 3.00. The van der Waals surface area contributed by atoms with E-state index >= 15 is 0 Å².